The van der Waals surface area contributed by atoms with Gasteiger partial charge in [-0.2, -0.15) is 0 Å². The SMILES string of the molecule is CSC(SC)=C(C(C)=O)C(=O)Nc1ccc([N+](=O)[O-])cc1. The van der Waals surface area contributed by atoms with E-state index < -0.39 is 10.8 Å². The number of nitro groups is 1. The molecule has 0 aromatic heterocycles. The van der Waals surface area contributed by atoms with Gasteiger partial charge in [0.1, 0.15) is 5.57 Å². The van der Waals surface area contributed by atoms with Gasteiger partial charge < -0.3 is 5.32 Å². The van der Waals surface area contributed by atoms with Gasteiger partial charge in [0.05, 0.1) is 9.16 Å². The largest absolute Gasteiger partial charge is 0.322 e. The predicted molar refractivity (Wildman–Crippen MR) is 86.5 cm³/mol. The molecule has 1 rings (SSSR count). The molecule has 6 nitrogen and oxygen atoms in total. The van der Waals surface area contributed by atoms with Crippen LogP contribution >= 0.6 is 23.5 Å². The number of hydrogen-bond donors (Lipinski definition) is 1. The summed E-state index contributed by atoms with van der Waals surface area (Å²) in [4.78, 5) is 33.9. The second kappa shape index (κ2) is 7.84. The van der Waals surface area contributed by atoms with E-state index in [1.165, 1.54) is 54.7 Å². The van der Waals surface area contributed by atoms with E-state index in [0.29, 0.717) is 9.92 Å². The zero-order valence-corrected chi connectivity index (χ0v) is 13.3. The zero-order chi connectivity index (χ0) is 16.0. The summed E-state index contributed by atoms with van der Waals surface area (Å²) in [6, 6.07) is 5.42. The van der Waals surface area contributed by atoms with Crippen LogP contribution in [0.5, 0.6) is 0 Å². The van der Waals surface area contributed by atoms with Crippen molar-refractivity contribution in [3.8, 4) is 0 Å². The van der Waals surface area contributed by atoms with Crippen LogP contribution in [0.15, 0.2) is 34.1 Å². The number of thioether (sulfide) groups is 2. The number of nitrogens with zero attached hydrogens (tertiary/aromatic N) is 1. The highest BCUT2D eigenvalue weighted by Crippen LogP contribution is 2.28. The lowest BCUT2D eigenvalue weighted by atomic mass is 10.2. The smallest absolute Gasteiger partial charge is 0.269 e. The number of nitrogens with one attached hydrogen (secondary N) is 1. The Morgan fingerprint density at radius 3 is 2.05 bits per heavy atom. The summed E-state index contributed by atoms with van der Waals surface area (Å²) in [5.41, 5.74) is 0.420. The Hall–Kier alpha value is -1.80. The highest BCUT2D eigenvalue weighted by Gasteiger charge is 2.20. The van der Waals surface area contributed by atoms with Crippen molar-refractivity contribution in [1.82, 2.24) is 0 Å². The van der Waals surface area contributed by atoms with Gasteiger partial charge in [-0.25, -0.2) is 0 Å². The molecule has 1 amide bonds. The fourth-order valence-corrected chi connectivity index (χ4v) is 3.09. The topological polar surface area (TPSA) is 89.3 Å². The second-order valence-corrected chi connectivity index (χ2v) is 5.78. The summed E-state index contributed by atoms with van der Waals surface area (Å²) < 4.78 is 0.627. The molecule has 1 aromatic rings. The third-order valence-electron chi connectivity index (χ3n) is 2.49. The summed E-state index contributed by atoms with van der Waals surface area (Å²) in [5.74, 6) is -0.844. The van der Waals surface area contributed by atoms with Gasteiger partial charge in [0.2, 0.25) is 0 Å². The molecule has 8 heteroatoms. The Morgan fingerprint density at radius 1 is 1.14 bits per heavy atom. The van der Waals surface area contributed by atoms with Gasteiger partial charge in [-0.3, -0.25) is 19.7 Å². The molecule has 21 heavy (non-hydrogen) atoms. The van der Waals surface area contributed by atoms with Crippen LogP contribution < -0.4 is 5.32 Å². The second-order valence-electron chi connectivity index (χ2n) is 3.88. The minimum Gasteiger partial charge on any atom is -0.322 e. The first kappa shape index (κ1) is 17.3. The Balaban J connectivity index is 3.00. The number of Topliss-reactive ketones (excluding diaryl/α,β-unsaturated/α-hetero) is 1. The molecule has 0 saturated heterocycles. The van der Waals surface area contributed by atoms with Crippen LogP contribution in [0.4, 0.5) is 11.4 Å². The van der Waals surface area contributed by atoms with Crippen molar-refractivity contribution in [3.63, 3.8) is 0 Å². The van der Waals surface area contributed by atoms with Crippen LogP contribution in [0.1, 0.15) is 6.92 Å². The predicted octanol–water partition coefficient (Wildman–Crippen LogP) is 3.06. The number of hydrogen-bond acceptors (Lipinski definition) is 6. The van der Waals surface area contributed by atoms with Crippen LogP contribution in [0.3, 0.4) is 0 Å². The number of amides is 1. The number of anilines is 1. The molecule has 1 aromatic carbocycles. The Morgan fingerprint density at radius 2 is 1.67 bits per heavy atom. The van der Waals surface area contributed by atoms with Gasteiger partial charge in [0.25, 0.3) is 11.6 Å². The lowest BCUT2D eigenvalue weighted by Crippen LogP contribution is -2.20. The number of carbonyl (C=O) groups excluding carboxylic acids is 2. The molecule has 0 aliphatic rings. The van der Waals surface area contributed by atoms with Crippen molar-refractivity contribution in [2.75, 3.05) is 17.8 Å². The number of nitro benzene ring substituents is 1. The van der Waals surface area contributed by atoms with Crippen molar-refractivity contribution in [2.24, 2.45) is 0 Å². The number of benzene rings is 1. The lowest BCUT2D eigenvalue weighted by Gasteiger charge is -2.10. The highest BCUT2D eigenvalue weighted by atomic mass is 32.2. The van der Waals surface area contributed by atoms with Gasteiger partial charge in [0.15, 0.2) is 5.78 Å². The minimum absolute atomic E-state index is 0.0655. The number of carbonyl (C=O) groups is 2. The molecule has 112 valence electrons. The highest BCUT2D eigenvalue weighted by molar-refractivity contribution is 8.21. The van der Waals surface area contributed by atoms with E-state index in [9.17, 15) is 19.7 Å². The third-order valence-corrected chi connectivity index (χ3v) is 4.64. The van der Waals surface area contributed by atoms with Crippen LogP contribution in [0, 0.1) is 10.1 Å². The summed E-state index contributed by atoms with van der Waals surface area (Å²) >= 11 is 2.65. The molecule has 0 saturated carbocycles. The fraction of sp³-hybridized carbons (Fsp3) is 0.231. The standard InChI is InChI=1S/C13H14N2O4S2/c1-8(16)11(13(20-2)21-3)12(17)14-9-4-6-10(7-5-9)15(18)19/h4-7H,1-3H3,(H,14,17). The molecule has 0 aliphatic heterocycles. The first-order valence-electron chi connectivity index (χ1n) is 5.79. The maximum atomic E-state index is 12.2. The number of non-ortho nitro benzene ring substituents is 1. The normalized spacial score (nSPS) is 9.86. The molecule has 0 bridgehead atoms. The molecule has 0 radical (unpaired) electrons. The number of rotatable bonds is 6. The lowest BCUT2D eigenvalue weighted by molar-refractivity contribution is -0.384. The van der Waals surface area contributed by atoms with Crippen molar-refractivity contribution in [1.29, 1.82) is 0 Å². The van der Waals surface area contributed by atoms with Crippen molar-refractivity contribution in [3.05, 3.63) is 44.2 Å². The van der Waals surface area contributed by atoms with Gasteiger partial charge in [-0.1, -0.05) is 0 Å². The first-order valence-corrected chi connectivity index (χ1v) is 8.24. The Labute approximate surface area is 130 Å². The Kier molecular flexibility index (Phi) is 6.44. The molecular formula is C13H14N2O4S2. The minimum atomic E-state index is -0.522. The van der Waals surface area contributed by atoms with Crippen LogP contribution in [-0.2, 0) is 9.59 Å². The van der Waals surface area contributed by atoms with Crippen LogP contribution in [-0.4, -0.2) is 29.1 Å². The van der Waals surface area contributed by atoms with Crippen molar-refractivity contribution >= 4 is 46.6 Å². The molecule has 0 fully saturated rings. The first-order chi connectivity index (χ1) is 9.90. The summed E-state index contributed by atoms with van der Waals surface area (Å²) in [5, 5.41) is 13.1. The van der Waals surface area contributed by atoms with E-state index in [1.54, 1.807) is 12.5 Å². The summed E-state index contributed by atoms with van der Waals surface area (Å²) in [7, 11) is 0. The molecule has 0 atom stereocenters. The fourth-order valence-electron chi connectivity index (χ4n) is 1.54. The van der Waals surface area contributed by atoms with E-state index in [4.69, 9.17) is 0 Å². The monoisotopic (exact) mass is 326 g/mol. The molecule has 0 heterocycles. The van der Waals surface area contributed by atoms with Gasteiger partial charge in [0, 0.05) is 17.8 Å². The van der Waals surface area contributed by atoms with Gasteiger partial charge >= 0.3 is 0 Å². The van der Waals surface area contributed by atoms with E-state index in [0.717, 1.165) is 0 Å². The van der Waals surface area contributed by atoms with Crippen LogP contribution in [0.25, 0.3) is 0 Å². The van der Waals surface area contributed by atoms with E-state index >= 15 is 0 Å². The maximum Gasteiger partial charge on any atom is 0.269 e. The van der Waals surface area contributed by atoms with Crippen molar-refractivity contribution < 1.29 is 14.5 Å². The van der Waals surface area contributed by atoms with Crippen molar-refractivity contribution in [2.45, 2.75) is 6.92 Å². The van der Waals surface area contributed by atoms with Gasteiger partial charge in [-0.05, 0) is 31.6 Å². The zero-order valence-electron chi connectivity index (χ0n) is 11.7. The van der Waals surface area contributed by atoms with E-state index in [2.05, 4.69) is 5.32 Å². The summed E-state index contributed by atoms with van der Waals surface area (Å²) in [6.45, 7) is 1.33. The molecule has 0 aliphatic carbocycles. The van der Waals surface area contributed by atoms with Gasteiger partial charge in [-0.15, -0.1) is 23.5 Å². The molecule has 0 unspecified atom stereocenters. The Bertz CT molecular complexity index is 591. The quantitative estimate of drug-likeness (QED) is 0.284. The average Bonchev–Trinajstić information content (AvgIpc) is 2.44. The molecular weight excluding hydrogens is 312 g/mol. The van der Waals surface area contributed by atoms with Crippen LogP contribution in [0.2, 0.25) is 0 Å². The molecule has 0 spiro atoms. The van der Waals surface area contributed by atoms with E-state index in [-0.39, 0.29) is 17.0 Å². The average molecular weight is 326 g/mol. The number of ketones is 1. The maximum absolute atomic E-state index is 12.2. The molecule has 1 N–H and O–H groups in total. The summed E-state index contributed by atoms with van der Waals surface area (Å²) in [6.07, 6.45) is 3.57. The third kappa shape index (κ3) is 4.61. The van der Waals surface area contributed by atoms with E-state index in [1.807, 2.05) is 0 Å².